The number of ether oxygens (including phenoxy) is 1. The normalized spacial score (nSPS) is 11.3. The Labute approximate surface area is 126 Å². The number of nitro benzene ring substituents is 2. The van der Waals surface area contributed by atoms with Crippen LogP contribution in [0.2, 0.25) is 0 Å². The Bertz CT molecular complexity index is 714. The van der Waals surface area contributed by atoms with Crippen molar-refractivity contribution < 1.29 is 19.6 Å². The molecule has 0 saturated carbocycles. The molecule has 0 unspecified atom stereocenters. The zero-order valence-electron chi connectivity index (χ0n) is 11.4. The third kappa shape index (κ3) is 4.59. The maximum Gasteiger partial charge on any atom is 0.318 e. The van der Waals surface area contributed by atoms with Gasteiger partial charge in [0.05, 0.1) is 34.8 Å². The van der Waals surface area contributed by atoms with E-state index in [1.165, 1.54) is 5.43 Å². The Hall–Kier alpha value is -3.84. The number of hydrogen-bond acceptors (Lipinski definition) is 9. The highest BCUT2D eigenvalue weighted by atomic mass is 16.7. The molecule has 1 aromatic carbocycles. The molecule has 0 radical (unpaired) electrons. The SMILES string of the molecule is COc1c(/C=N/N=C(N)N[N+](=O)[O-])cc([N+](=O)[O-])cc1[N+](=O)[O-]. The van der Waals surface area contributed by atoms with Gasteiger partial charge in [-0.3, -0.25) is 20.2 Å². The lowest BCUT2D eigenvalue weighted by atomic mass is 10.1. The molecule has 0 saturated heterocycles. The lowest BCUT2D eigenvalue weighted by Gasteiger charge is -2.04. The summed E-state index contributed by atoms with van der Waals surface area (Å²) in [6.07, 6.45) is 0.868. The van der Waals surface area contributed by atoms with E-state index < -0.39 is 32.2 Å². The van der Waals surface area contributed by atoms with Gasteiger partial charge in [0.1, 0.15) is 0 Å². The van der Waals surface area contributed by atoms with E-state index in [1.54, 1.807) is 0 Å². The van der Waals surface area contributed by atoms with Crippen molar-refractivity contribution >= 4 is 23.5 Å². The van der Waals surface area contributed by atoms with Gasteiger partial charge in [0.15, 0.2) is 5.03 Å². The summed E-state index contributed by atoms with van der Waals surface area (Å²) in [5, 5.41) is 37.4. The molecule has 0 aliphatic carbocycles. The zero-order chi connectivity index (χ0) is 17.6. The van der Waals surface area contributed by atoms with Crippen LogP contribution in [0.3, 0.4) is 0 Å². The van der Waals surface area contributed by atoms with E-state index in [2.05, 4.69) is 10.2 Å². The summed E-state index contributed by atoms with van der Waals surface area (Å²) in [4.78, 5) is 30.1. The van der Waals surface area contributed by atoms with E-state index in [1.807, 2.05) is 0 Å². The molecule has 122 valence electrons. The Morgan fingerprint density at radius 2 is 1.91 bits per heavy atom. The molecule has 0 bridgehead atoms. The minimum Gasteiger partial charge on any atom is -0.490 e. The molecular weight excluding hydrogens is 318 g/mol. The van der Waals surface area contributed by atoms with Crippen molar-refractivity contribution in [3.05, 3.63) is 48.0 Å². The molecule has 0 fully saturated rings. The van der Waals surface area contributed by atoms with Gasteiger partial charge in [-0.1, -0.05) is 5.43 Å². The highest BCUT2D eigenvalue weighted by Crippen LogP contribution is 2.34. The van der Waals surface area contributed by atoms with Crippen molar-refractivity contribution in [1.29, 1.82) is 0 Å². The number of nitro groups is 3. The first-order chi connectivity index (χ1) is 10.8. The van der Waals surface area contributed by atoms with Gasteiger partial charge >= 0.3 is 5.69 Å². The van der Waals surface area contributed by atoms with Gasteiger partial charge in [-0.15, -0.1) is 5.10 Å². The Kier molecular flexibility index (Phi) is 5.42. The number of guanidine groups is 1. The van der Waals surface area contributed by atoms with Crippen LogP contribution in [0.1, 0.15) is 5.56 Å². The lowest BCUT2D eigenvalue weighted by Crippen LogP contribution is -2.35. The Morgan fingerprint density at radius 1 is 1.26 bits per heavy atom. The molecule has 0 aromatic heterocycles. The van der Waals surface area contributed by atoms with Crippen molar-refractivity contribution in [2.24, 2.45) is 15.9 Å². The fourth-order valence-electron chi connectivity index (χ4n) is 1.45. The summed E-state index contributed by atoms with van der Waals surface area (Å²) in [5.41, 5.74) is 5.25. The molecule has 0 aliphatic rings. The fourth-order valence-corrected chi connectivity index (χ4v) is 1.45. The second-order valence-electron chi connectivity index (χ2n) is 3.70. The minimum atomic E-state index is -0.979. The number of hydrazine groups is 1. The van der Waals surface area contributed by atoms with Crippen LogP contribution in [-0.4, -0.2) is 34.2 Å². The first-order valence-corrected chi connectivity index (χ1v) is 5.54. The number of nitrogens with zero attached hydrogens (tertiary/aromatic N) is 5. The average Bonchev–Trinajstić information content (AvgIpc) is 2.45. The first kappa shape index (κ1) is 17.2. The van der Waals surface area contributed by atoms with Crippen LogP contribution in [0.4, 0.5) is 11.4 Å². The van der Waals surface area contributed by atoms with E-state index in [0.717, 1.165) is 25.5 Å². The second-order valence-corrected chi connectivity index (χ2v) is 3.70. The van der Waals surface area contributed by atoms with E-state index >= 15 is 0 Å². The molecule has 3 N–H and O–H groups in total. The first-order valence-electron chi connectivity index (χ1n) is 5.54. The molecule has 0 heterocycles. The van der Waals surface area contributed by atoms with Crippen molar-refractivity contribution in [2.45, 2.75) is 0 Å². The molecule has 14 nitrogen and oxygen atoms in total. The van der Waals surface area contributed by atoms with Crippen LogP contribution < -0.4 is 15.9 Å². The van der Waals surface area contributed by atoms with Crippen LogP contribution in [0, 0.1) is 30.3 Å². The summed E-state index contributed by atoms with van der Waals surface area (Å²) in [6.45, 7) is 0. The van der Waals surface area contributed by atoms with E-state index in [4.69, 9.17) is 10.5 Å². The van der Waals surface area contributed by atoms with Gasteiger partial charge in [0, 0.05) is 6.07 Å². The maximum absolute atomic E-state index is 10.9. The molecular formula is C9H9N7O7. The van der Waals surface area contributed by atoms with Gasteiger partial charge in [-0.25, -0.2) is 10.1 Å². The molecule has 0 atom stereocenters. The third-order valence-electron chi connectivity index (χ3n) is 2.26. The summed E-state index contributed by atoms with van der Waals surface area (Å²) in [5.74, 6) is -0.953. The maximum atomic E-state index is 10.9. The number of rotatable bonds is 6. The van der Waals surface area contributed by atoms with Crippen molar-refractivity contribution in [3.63, 3.8) is 0 Å². The van der Waals surface area contributed by atoms with Crippen LogP contribution in [-0.2, 0) is 0 Å². The standard InChI is InChI=1S/C9H9N7O7/c1-23-8-5(4-11-12-9(10)13-16(21)22)2-6(14(17)18)3-7(8)15(19)20/h2-4H,1H3,(H3,10,12,13)/b11-4+. The molecule has 14 heteroatoms. The largest absolute Gasteiger partial charge is 0.490 e. The highest BCUT2D eigenvalue weighted by Gasteiger charge is 2.24. The minimum absolute atomic E-state index is 0.133. The average molecular weight is 327 g/mol. The third-order valence-corrected chi connectivity index (χ3v) is 2.26. The number of nitrogens with one attached hydrogen (secondary N) is 1. The molecule has 1 aromatic rings. The van der Waals surface area contributed by atoms with Gasteiger partial charge in [-0.2, -0.15) is 5.10 Å². The summed E-state index contributed by atoms with van der Waals surface area (Å²) in [6, 6.07) is 1.68. The van der Waals surface area contributed by atoms with E-state index in [0.29, 0.717) is 0 Å². The van der Waals surface area contributed by atoms with E-state index in [9.17, 15) is 30.3 Å². The molecule has 0 aliphatic heterocycles. The number of methoxy groups -OCH3 is 1. The monoisotopic (exact) mass is 327 g/mol. The van der Waals surface area contributed by atoms with Crippen LogP contribution in [0.15, 0.2) is 22.3 Å². The highest BCUT2D eigenvalue weighted by molar-refractivity contribution is 5.88. The lowest BCUT2D eigenvalue weighted by molar-refractivity contribution is -0.525. The Morgan fingerprint density at radius 3 is 2.39 bits per heavy atom. The van der Waals surface area contributed by atoms with Gasteiger partial charge in [0.2, 0.25) is 5.75 Å². The molecule has 0 spiro atoms. The number of nitrogens with two attached hydrogens (primary N) is 1. The number of non-ortho nitro benzene ring substituents is 1. The summed E-state index contributed by atoms with van der Waals surface area (Å²) >= 11 is 0. The second kappa shape index (κ2) is 7.25. The predicted molar refractivity (Wildman–Crippen MR) is 75.6 cm³/mol. The zero-order valence-corrected chi connectivity index (χ0v) is 11.4. The number of hydrogen-bond donors (Lipinski definition) is 2. The summed E-state index contributed by atoms with van der Waals surface area (Å²) < 4.78 is 4.84. The smallest absolute Gasteiger partial charge is 0.318 e. The van der Waals surface area contributed by atoms with Crippen LogP contribution >= 0.6 is 0 Å². The van der Waals surface area contributed by atoms with Crippen LogP contribution in [0.5, 0.6) is 5.75 Å². The van der Waals surface area contributed by atoms with Crippen molar-refractivity contribution in [1.82, 2.24) is 5.43 Å². The Balaban J connectivity index is 3.30. The molecule has 23 heavy (non-hydrogen) atoms. The topological polar surface area (TPSA) is 201 Å². The van der Waals surface area contributed by atoms with Gasteiger partial charge in [-0.05, 0) is 0 Å². The van der Waals surface area contributed by atoms with Gasteiger partial charge < -0.3 is 10.5 Å². The molecule has 1 rings (SSSR count). The van der Waals surface area contributed by atoms with Gasteiger partial charge in [0.25, 0.3) is 11.6 Å². The molecule has 0 amide bonds. The predicted octanol–water partition coefficient (Wildman–Crippen LogP) is -0.0585. The van der Waals surface area contributed by atoms with Crippen LogP contribution in [0.25, 0.3) is 0 Å². The quantitative estimate of drug-likeness (QED) is 0.310. The fraction of sp³-hybridized carbons (Fsp3) is 0.111. The van der Waals surface area contributed by atoms with Crippen molar-refractivity contribution in [3.8, 4) is 5.75 Å². The number of benzene rings is 1. The summed E-state index contributed by atoms with van der Waals surface area (Å²) in [7, 11) is 1.12. The van der Waals surface area contributed by atoms with Crippen molar-refractivity contribution in [2.75, 3.05) is 7.11 Å². The van der Waals surface area contributed by atoms with E-state index in [-0.39, 0.29) is 11.3 Å².